The van der Waals surface area contributed by atoms with E-state index < -0.39 is 0 Å². The summed E-state index contributed by atoms with van der Waals surface area (Å²) in [5, 5.41) is 0.655. The lowest BCUT2D eigenvalue weighted by atomic mass is 10.1. The lowest BCUT2D eigenvalue weighted by molar-refractivity contribution is 0.303. The standard InChI is InChI=1S/C15H15ClFNO/c16-14-2-1-3-15(13(14)8-9-18)19-10-11-4-6-12(17)7-5-11/h1-7H,8-10,18H2. The third-order valence-corrected chi connectivity index (χ3v) is 3.13. The highest BCUT2D eigenvalue weighted by Gasteiger charge is 2.07. The fraction of sp³-hybridized carbons (Fsp3) is 0.200. The minimum atomic E-state index is -0.254. The van der Waals surface area contributed by atoms with Gasteiger partial charge in [0.25, 0.3) is 0 Å². The van der Waals surface area contributed by atoms with E-state index in [1.165, 1.54) is 12.1 Å². The minimum Gasteiger partial charge on any atom is -0.489 e. The Balaban J connectivity index is 2.10. The van der Waals surface area contributed by atoms with E-state index in [2.05, 4.69) is 0 Å². The molecule has 0 aromatic heterocycles. The van der Waals surface area contributed by atoms with Gasteiger partial charge in [0.2, 0.25) is 0 Å². The van der Waals surface area contributed by atoms with E-state index in [0.717, 1.165) is 16.9 Å². The second kappa shape index (κ2) is 6.55. The first-order chi connectivity index (χ1) is 9.20. The van der Waals surface area contributed by atoms with Gasteiger partial charge in [0, 0.05) is 10.6 Å². The number of hydrogen-bond donors (Lipinski definition) is 1. The molecule has 0 fully saturated rings. The molecule has 0 amide bonds. The van der Waals surface area contributed by atoms with Crippen LogP contribution in [0, 0.1) is 5.82 Å². The Labute approximate surface area is 117 Å². The van der Waals surface area contributed by atoms with E-state index >= 15 is 0 Å². The van der Waals surface area contributed by atoms with Crippen LogP contribution in [-0.2, 0) is 13.0 Å². The Morgan fingerprint density at radius 2 is 1.84 bits per heavy atom. The van der Waals surface area contributed by atoms with Crippen molar-refractivity contribution in [2.24, 2.45) is 5.73 Å². The van der Waals surface area contributed by atoms with Crippen molar-refractivity contribution in [1.82, 2.24) is 0 Å². The minimum absolute atomic E-state index is 0.254. The molecule has 0 saturated heterocycles. The van der Waals surface area contributed by atoms with Crippen molar-refractivity contribution in [2.45, 2.75) is 13.0 Å². The molecule has 0 radical (unpaired) electrons. The van der Waals surface area contributed by atoms with Crippen LogP contribution >= 0.6 is 11.6 Å². The summed E-state index contributed by atoms with van der Waals surface area (Å²) in [7, 11) is 0. The molecule has 0 aliphatic carbocycles. The maximum absolute atomic E-state index is 12.8. The quantitative estimate of drug-likeness (QED) is 0.908. The molecule has 0 aliphatic rings. The highest BCUT2D eigenvalue weighted by molar-refractivity contribution is 6.31. The Bertz CT molecular complexity index is 542. The van der Waals surface area contributed by atoms with Crippen LogP contribution in [0.1, 0.15) is 11.1 Å². The van der Waals surface area contributed by atoms with Gasteiger partial charge in [-0.3, -0.25) is 0 Å². The predicted octanol–water partition coefficient (Wildman–Crippen LogP) is 3.56. The molecule has 2 N–H and O–H groups in total. The van der Waals surface area contributed by atoms with Crippen molar-refractivity contribution in [3.63, 3.8) is 0 Å². The van der Waals surface area contributed by atoms with Crippen molar-refractivity contribution in [3.05, 3.63) is 64.4 Å². The Morgan fingerprint density at radius 1 is 1.11 bits per heavy atom. The molecule has 4 heteroatoms. The van der Waals surface area contributed by atoms with E-state index in [0.29, 0.717) is 24.6 Å². The van der Waals surface area contributed by atoms with E-state index in [9.17, 15) is 4.39 Å². The van der Waals surface area contributed by atoms with Gasteiger partial charge in [-0.1, -0.05) is 29.8 Å². The van der Waals surface area contributed by atoms with Crippen LogP contribution in [0.15, 0.2) is 42.5 Å². The van der Waals surface area contributed by atoms with Crippen LogP contribution in [0.2, 0.25) is 5.02 Å². The molecule has 2 rings (SSSR count). The highest BCUT2D eigenvalue weighted by atomic mass is 35.5. The van der Waals surface area contributed by atoms with Crippen LogP contribution in [0.25, 0.3) is 0 Å². The molecular weight excluding hydrogens is 265 g/mol. The Kier molecular flexibility index (Phi) is 4.77. The SMILES string of the molecule is NCCc1c(Cl)cccc1OCc1ccc(F)cc1. The van der Waals surface area contributed by atoms with Crippen LogP contribution in [0.5, 0.6) is 5.75 Å². The molecular formula is C15H15ClFNO. The van der Waals surface area contributed by atoms with Gasteiger partial charge >= 0.3 is 0 Å². The van der Waals surface area contributed by atoms with Crippen molar-refractivity contribution < 1.29 is 9.13 Å². The predicted molar refractivity (Wildman–Crippen MR) is 74.9 cm³/mol. The van der Waals surface area contributed by atoms with Gasteiger partial charge < -0.3 is 10.5 Å². The first-order valence-corrected chi connectivity index (χ1v) is 6.43. The van der Waals surface area contributed by atoms with Crippen LogP contribution in [-0.4, -0.2) is 6.54 Å². The molecule has 2 nitrogen and oxygen atoms in total. The van der Waals surface area contributed by atoms with Gasteiger partial charge in [-0.05, 0) is 42.8 Å². The smallest absolute Gasteiger partial charge is 0.124 e. The fourth-order valence-corrected chi connectivity index (χ4v) is 2.06. The fourth-order valence-electron chi connectivity index (χ4n) is 1.80. The number of hydrogen-bond acceptors (Lipinski definition) is 2. The summed E-state index contributed by atoms with van der Waals surface area (Å²) in [5.74, 6) is 0.470. The average Bonchev–Trinajstić information content (AvgIpc) is 2.41. The molecule has 19 heavy (non-hydrogen) atoms. The molecule has 2 aromatic carbocycles. The number of ether oxygens (including phenoxy) is 1. The molecule has 0 aliphatic heterocycles. The normalized spacial score (nSPS) is 10.5. The number of rotatable bonds is 5. The van der Waals surface area contributed by atoms with Crippen LogP contribution in [0.3, 0.4) is 0 Å². The zero-order valence-corrected chi connectivity index (χ0v) is 11.2. The summed E-state index contributed by atoms with van der Waals surface area (Å²) in [5.41, 5.74) is 7.38. The number of benzene rings is 2. The molecule has 100 valence electrons. The summed E-state index contributed by atoms with van der Waals surface area (Å²) in [4.78, 5) is 0. The second-order valence-electron chi connectivity index (χ2n) is 4.17. The Morgan fingerprint density at radius 3 is 2.53 bits per heavy atom. The molecule has 0 heterocycles. The monoisotopic (exact) mass is 279 g/mol. The molecule has 0 saturated carbocycles. The van der Waals surface area contributed by atoms with E-state index in [4.69, 9.17) is 22.1 Å². The van der Waals surface area contributed by atoms with Gasteiger partial charge in [-0.15, -0.1) is 0 Å². The summed E-state index contributed by atoms with van der Waals surface area (Å²) in [6.07, 6.45) is 0.665. The van der Waals surface area contributed by atoms with Gasteiger partial charge in [-0.25, -0.2) is 4.39 Å². The second-order valence-corrected chi connectivity index (χ2v) is 4.58. The van der Waals surface area contributed by atoms with E-state index in [1.807, 2.05) is 18.2 Å². The topological polar surface area (TPSA) is 35.2 Å². The highest BCUT2D eigenvalue weighted by Crippen LogP contribution is 2.27. The van der Waals surface area contributed by atoms with Crippen LogP contribution < -0.4 is 10.5 Å². The zero-order valence-electron chi connectivity index (χ0n) is 10.4. The van der Waals surface area contributed by atoms with Crippen molar-refractivity contribution in [3.8, 4) is 5.75 Å². The van der Waals surface area contributed by atoms with Gasteiger partial charge in [0.15, 0.2) is 0 Å². The molecule has 2 aromatic rings. The molecule has 0 unspecified atom stereocenters. The van der Waals surface area contributed by atoms with Gasteiger partial charge in [-0.2, -0.15) is 0 Å². The number of halogens is 2. The largest absolute Gasteiger partial charge is 0.489 e. The first kappa shape index (κ1) is 13.8. The molecule has 0 bridgehead atoms. The third kappa shape index (κ3) is 3.69. The van der Waals surface area contributed by atoms with Crippen molar-refractivity contribution in [2.75, 3.05) is 6.54 Å². The van der Waals surface area contributed by atoms with Crippen LogP contribution in [0.4, 0.5) is 4.39 Å². The Hall–Kier alpha value is -1.58. The molecule has 0 spiro atoms. The zero-order chi connectivity index (χ0) is 13.7. The average molecular weight is 280 g/mol. The molecule has 0 atom stereocenters. The summed E-state index contributed by atoms with van der Waals surface area (Å²) >= 11 is 6.13. The van der Waals surface area contributed by atoms with Crippen molar-refractivity contribution in [1.29, 1.82) is 0 Å². The first-order valence-electron chi connectivity index (χ1n) is 6.05. The summed E-state index contributed by atoms with van der Waals surface area (Å²) in [6, 6.07) is 11.7. The third-order valence-electron chi connectivity index (χ3n) is 2.78. The van der Waals surface area contributed by atoms with E-state index in [1.54, 1.807) is 12.1 Å². The van der Waals surface area contributed by atoms with E-state index in [-0.39, 0.29) is 5.82 Å². The maximum Gasteiger partial charge on any atom is 0.124 e. The lowest BCUT2D eigenvalue weighted by Gasteiger charge is -2.12. The number of nitrogens with two attached hydrogens (primary N) is 1. The lowest BCUT2D eigenvalue weighted by Crippen LogP contribution is -2.06. The maximum atomic E-state index is 12.8. The summed E-state index contributed by atoms with van der Waals surface area (Å²) < 4.78 is 18.5. The summed E-state index contributed by atoms with van der Waals surface area (Å²) in [6.45, 7) is 0.884. The van der Waals surface area contributed by atoms with Gasteiger partial charge in [0.1, 0.15) is 18.2 Å². The van der Waals surface area contributed by atoms with Gasteiger partial charge in [0.05, 0.1) is 0 Å². The van der Waals surface area contributed by atoms with Crippen molar-refractivity contribution >= 4 is 11.6 Å².